The lowest BCUT2D eigenvalue weighted by molar-refractivity contribution is -0.119. The summed E-state index contributed by atoms with van der Waals surface area (Å²) in [4.78, 5) is 23.5. The van der Waals surface area contributed by atoms with Gasteiger partial charge in [-0.3, -0.25) is 9.59 Å². The van der Waals surface area contributed by atoms with Crippen molar-refractivity contribution in [1.29, 1.82) is 0 Å². The molecule has 0 bridgehead atoms. The average Bonchev–Trinajstić information content (AvgIpc) is 2.42. The van der Waals surface area contributed by atoms with Crippen molar-refractivity contribution < 1.29 is 9.59 Å². The summed E-state index contributed by atoms with van der Waals surface area (Å²) in [5.41, 5.74) is 7.61. The van der Waals surface area contributed by atoms with Crippen LogP contribution in [0.5, 0.6) is 0 Å². The number of nitrogens with two attached hydrogens (primary N) is 1. The van der Waals surface area contributed by atoms with Gasteiger partial charge in [0.2, 0.25) is 11.8 Å². The normalized spacial score (nSPS) is 11.2. The van der Waals surface area contributed by atoms with Crippen LogP contribution in [0.2, 0.25) is 0 Å². The van der Waals surface area contributed by atoms with Gasteiger partial charge >= 0.3 is 0 Å². The number of hydrogen-bond donors (Lipinski definition) is 3. The SMILES string of the molecule is CCC(C)C(=O)Nc1cccc(NC(=O)CCN)c1C.Cl. The molecule has 4 N–H and O–H groups in total. The van der Waals surface area contributed by atoms with E-state index in [0.29, 0.717) is 12.2 Å². The highest BCUT2D eigenvalue weighted by molar-refractivity contribution is 5.96. The second-order valence-electron chi connectivity index (χ2n) is 4.86. The highest BCUT2D eigenvalue weighted by Crippen LogP contribution is 2.24. The number of rotatable bonds is 6. The number of carbonyl (C=O) groups is 2. The first kappa shape index (κ1) is 19.4. The molecule has 1 aromatic rings. The average molecular weight is 314 g/mol. The molecule has 1 rings (SSSR count). The second-order valence-corrected chi connectivity index (χ2v) is 4.86. The summed E-state index contributed by atoms with van der Waals surface area (Å²) in [6.07, 6.45) is 1.07. The van der Waals surface area contributed by atoms with Crippen molar-refractivity contribution in [3.8, 4) is 0 Å². The molecule has 0 aliphatic carbocycles. The zero-order valence-electron chi connectivity index (χ0n) is 12.7. The minimum Gasteiger partial charge on any atom is -0.330 e. The first-order valence-electron chi connectivity index (χ1n) is 6.90. The van der Waals surface area contributed by atoms with E-state index < -0.39 is 0 Å². The van der Waals surface area contributed by atoms with Gasteiger partial charge in [-0.25, -0.2) is 0 Å². The molecule has 1 atom stereocenters. The van der Waals surface area contributed by atoms with E-state index >= 15 is 0 Å². The van der Waals surface area contributed by atoms with Crippen molar-refractivity contribution in [2.75, 3.05) is 17.2 Å². The van der Waals surface area contributed by atoms with Crippen LogP contribution in [0.15, 0.2) is 18.2 Å². The quantitative estimate of drug-likeness (QED) is 0.755. The maximum absolute atomic E-state index is 11.9. The molecule has 1 unspecified atom stereocenters. The Labute approximate surface area is 132 Å². The Morgan fingerprint density at radius 1 is 1.24 bits per heavy atom. The standard InChI is InChI=1S/C15H23N3O2.ClH/c1-4-10(2)15(20)18-13-7-5-6-12(11(13)3)17-14(19)8-9-16;/h5-7,10H,4,8-9,16H2,1-3H3,(H,17,19)(H,18,20);1H. The molecular formula is C15H24ClN3O2. The zero-order chi connectivity index (χ0) is 15.1. The number of nitrogens with one attached hydrogen (secondary N) is 2. The van der Waals surface area contributed by atoms with Crippen LogP contribution in [0.25, 0.3) is 0 Å². The predicted molar refractivity (Wildman–Crippen MR) is 88.8 cm³/mol. The Morgan fingerprint density at radius 3 is 2.33 bits per heavy atom. The number of hydrogen-bond acceptors (Lipinski definition) is 3. The Kier molecular flexibility index (Phi) is 8.66. The van der Waals surface area contributed by atoms with Crippen LogP contribution in [-0.2, 0) is 9.59 Å². The van der Waals surface area contributed by atoms with Crippen molar-refractivity contribution in [2.24, 2.45) is 11.7 Å². The Bertz CT molecular complexity index is 492. The molecule has 0 heterocycles. The predicted octanol–water partition coefficient (Wildman–Crippen LogP) is 2.69. The Hall–Kier alpha value is -1.59. The van der Waals surface area contributed by atoms with Gasteiger partial charge in [0.05, 0.1) is 0 Å². The highest BCUT2D eigenvalue weighted by atomic mass is 35.5. The maximum atomic E-state index is 11.9. The molecule has 0 saturated carbocycles. The molecule has 118 valence electrons. The summed E-state index contributed by atoms with van der Waals surface area (Å²) in [6, 6.07) is 5.44. The van der Waals surface area contributed by atoms with Crippen LogP contribution in [0.3, 0.4) is 0 Å². The molecule has 1 aromatic carbocycles. The minimum absolute atomic E-state index is 0. The summed E-state index contributed by atoms with van der Waals surface area (Å²) >= 11 is 0. The van der Waals surface area contributed by atoms with E-state index in [-0.39, 0.29) is 36.6 Å². The van der Waals surface area contributed by atoms with Crippen LogP contribution in [0.1, 0.15) is 32.3 Å². The number of anilines is 2. The third-order valence-corrected chi connectivity index (χ3v) is 3.30. The lowest BCUT2D eigenvalue weighted by Gasteiger charge is -2.15. The third kappa shape index (κ3) is 5.73. The van der Waals surface area contributed by atoms with Crippen molar-refractivity contribution in [2.45, 2.75) is 33.6 Å². The molecule has 0 aliphatic heterocycles. The van der Waals surface area contributed by atoms with Crippen LogP contribution in [0.4, 0.5) is 11.4 Å². The smallest absolute Gasteiger partial charge is 0.227 e. The molecule has 5 nitrogen and oxygen atoms in total. The zero-order valence-corrected chi connectivity index (χ0v) is 13.5. The first-order valence-corrected chi connectivity index (χ1v) is 6.90. The summed E-state index contributed by atoms with van der Waals surface area (Å²) in [6.45, 7) is 6.04. The van der Waals surface area contributed by atoms with Crippen molar-refractivity contribution in [1.82, 2.24) is 0 Å². The van der Waals surface area contributed by atoms with Gasteiger partial charge in [-0.2, -0.15) is 0 Å². The fourth-order valence-electron chi connectivity index (χ4n) is 1.69. The second kappa shape index (κ2) is 9.37. The molecule has 0 aromatic heterocycles. The Morgan fingerprint density at radius 2 is 1.81 bits per heavy atom. The summed E-state index contributed by atoms with van der Waals surface area (Å²) in [5, 5.41) is 5.69. The van der Waals surface area contributed by atoms with E-state index in [1.807, 2.05) is 32.9 Å². The fourth-order valence-corrected chi connectivity index (χ4v) is 1.69. The van der Waals surface area contributed by atoms with Gasteiger partial charge in [-0.05, 0) is 31.0 Å². The lowest BCUT2D eigenvalue weighted by Crippen LogP contribution is -2.21. The van der Waals surface area contributed by atoms with Crippen LogP contribution in [0, 0.1) is 12.8 Å². The van der Waals surface area contributed by atoms with Gasteiger partial charge in [0.15, 0.2) is 0 Å². The molecule has 0 fully saturated rings. The molecule has 0 aliphatic rings. The van der Waals surface area contributed by atoms with Gasteiger partial charge in [0, 0.05) is 30.3 Å². The van der Waals surface area contributed by atoms with Crippen LogP contribution >= 0.6 is 12.4 Å². The fraction of sp³-hybridized carbons (Fsp3) is 0.467. The van der Waals surface area contributed by atoms with E-state index in [2.05, 4.69) is 10.6 Å². The van der Waals surface area contributed by atoms with Crippen LogP contribution < -0.4 is 16.4 Å². The minimum atomic E-state index is -0.124. The number of halogens is 1. The highest BCUT2D eigenvalue weighted by Gasteiger charge is 2.13. The molecule has 6 heteroatoms. The number of carbonyl (C=O) groups excluding carboxylic acids is 2. The summed E-state index contributed by atoms with van der Waals surface area (Å²) in [7, 11) is 0. The summed E-state index contributed by atoms with van der Waals surface area (Å²) in [5.74, 6) is -0.174. The maximum Gasteiger partial charge on any atom is 0.227 e. The molecular weight excluding hydrogens is 290 g/mol. The van der Waals surface area contributed by atoms with Crippen molar-refractivity contribution in [3.05, 3.63) is 23.8 Å². The monoisotopic (exact) mass is 313 g/mol. The topological polar surface area (TPSA) is 84.2 Å². The van der Waals surface area contributed by atoms with E-state index in [9.17, 15) is 9.59 Å². The van der Waals surface area contributed by atoms with Gasteiger partial charge in [-0.15, -0.1) is 12.4 Å². The summed E-state index contributed by atoms with van der Waals surface area (Å²) < 4.78 is 0. The molecule has 0 spiro atoms. The van der Waals surface area contributed by atoms with Crippen molar-refractivity contribution in [3.63, 3.8) is 0 Å². The van der Waals surface area contributed by atoms with Gasteiger partial charge < -0.3 is 16.4 Å². The van der Waals surface area contributed by atoms with E-state index in [1.165, 1.54) is 0 Å². The molecule has 2 amide bonds. The van der Waals surface area contributed by atoms with E-state index in [4.69, 9.17) is 5.73 Å². The Balaban J connectivity index is 0.00000400. The van der Waals surface area contributed by atoms with E-state index in [0.717, 1.165) is 17.7 Å². The van der Waals surface area contributed by atoms with Gasteiger partial charge in [0.1, 0.15) is 0 Å². The van der Waals surface area contributed by atoms with Gasteiger partial charge in [-0.1, -0.05) is 19.9 Å². The van der Waals surface area contributed by atoms with Gasteiger partial charge in [0.25, 0.3) is 0 Å². The number of benzene rings is 1. The third-order valence-electron chi connectivity index (χ3n) is 3.30. The first-order chi connectivity index (χ1) is 9.49. The van der Waals surface area contributed by atoms with Crippen molar-refractivity contribution >= 4 is 35.6 Å². The lowest BCUT2D eigenvalue weighted by atomic mass is 10.1. The van der Waals surface area contributed by atoms with E-state index in [1.54, 1.807) is 6.07 Å². The largest absolute Gasteiger partial charge is 0.330 e. The molecule has 0 saturated heterocycles. The number of amides is 2. The molecule has 21 heavy (non-hydrogen) atoms. The molecule has 0 radical (unpaired) electrons. The van der Waals surface area contributed by atoms with Crippen LogP contribution in [-0.4, -0.2) is 18.4 Å².